The Morgan fingerprint density at radius 1 is 1.28 bits per heavy atom. The molecule has 1 unspecified atom stereocenters. The van der Waals surface area contributed by atoms with Crippen LogP contribution in [0.5, 0.6) is 5.75 Å². The SMILES string of the molecule is CC1Oc2cc(S(=O)(=O)N3CCN(C(=O)c4ccsc4)CC3)c(Cl)cc2NC1=O. The van der Waals surface area contributed by atoms with Crippen LogP contribution in [-0.2, 0) is 14.8 Å². The van der Waals surface area contributed by atoms with Gasteiger partial charge in [0.25, 0.3) is 11.8 Å². The molecule has 0 spiro atoms. The number of nitrogens with zero attached hydrogens (tertiary/aromatic N) is 2. The Morgan fingerprint density at radius 2 is 2.00 bits per heavy atom. The van der Waals surface area contributed by atoms with E-state index in [1.54, 1.807) is 23.3 Å². The van der Waals surface area contributed by atoms with Crippen molar-refractivity contribution in [3.8, 4) is 5.75 Å². The highest BCUT2D eigenvalue weighted by molar-refractivity contribution is 7.89. The van der Waals surface area contributed by atoms with E-state index in [0.717, 1.165) is 0 Å². The number of benzene rings is 1. The monoisotopic (exact) mass is 455 g/mol. The second-order valence-corrected chi connectivity index (χ2v) is 9.83. The molecular formula is C18H18ClN3O5S2. The predicted molar refractivity (Wildman–Crippen MR) is 109 cm³/mol. The van der Waals surface area contributed by atoms with Gasteiger partial charge in [0.1, 0.15) is 10.6 Å². The van der Waals surface area contributed by atoms with Gasteiger partial charge in [-0.1, -0.05) is 11.6 Å². The van der Waals surface area contributed by atoms with Crippen LogP contribution in [0.25, 0.3) is 0 Å². The molecule has 0 aliphatic carbocycles. The number of piperazine rings is 1. The molecule has 0 radical (unpaired) electrons. The Bertz CT molecular complexity index is 1060. The summed E-state index contributed by atoms with van der Waals surface area (Å²) in [5.41, 5.74) is 0.945. The zero-order chi connectivity index (χ0) is 20.8. The van der Waals surface area contributed by atoms with E-state index in [0.29, 0.717) is 24.3 Å². The minimum absolute atomic E-state index is 0.000942. The molecule has 11 heteroatoms. The van der Waals surface area contributed by atoms with Crippen molar-refractivity contribution < 1.29 is 22.7 Å². The first-order valence-electron chi connectivity index (χ1n) is 8.90. The van der Waals surface area contributed by atoms with Crippen molar-refractivity contribution in [3.05, 3.63) is 39.5 Å². The van der Waals surface area contributed by atoms with Gasteiger partial charge in [-0.05, 0) is 24.4 Å². The average molecular weight is 456 g/mol. The smallest absolute Gasteiger partial charge is 0.265 e. The second-order valence-electron chi connectivity index (χ2n) is 6.74. The fourth-order valence-corrected chi connectivity index (χ4v) is 5.81. The maximum absolute atomic E-state index is 13.1. The molecular weight excluding hydrogens is 438 g/mol. The van der Waals surface area contributed by atoms with Gasteiger partial charge in [0.2, 0.25) is 10.0 Å². The molecule has 1 saturated heterocycles. The number of ether oxygens (including phenoxy) is 1. The van der Waals surface area contributed by atoms with Crippen molar-refractivity contribution >= 4 is 50.5 Å². The predicted octanol–water partition coefficient (Wildman–Crippen LogP) is 2.27. The van der Waals surface area contributed by atoms with Gasteiger partial charge >= 0.3 is 0 Å². The second kappa shape index (κ2) is 7.60. The zero-order valence-corrected chi connectivity index (χ0v) is 17.8. The number of carbonyl (C=O) groups is 2. The van der Waals surface area contributed by atoms with Crippen LogP contribution in [0.2, 0.25) is 5.02 Å². The molecule has 2 amide bonds. The lowest BCUT2D eigenvalue weighted by atomic mass is 10.2. The van der Waals surface area contributed by atoms with E-state index >= 15 is 0 Å². The minimum Gasteiger partial charge on any atom is -0.479 e. The van der Waals surface area contributed by atoms with E-state index < -0.39 is 16.1 Å². The first kappa shape index (κ1) is 20.1. The number of thiophene rings is 1. The summed E-state index contributed by atoms with van der Waals surface area (Å²) >= 11 is 7.66. The summed E-state index contributed by atoms with van der Waals surface area (Å²) in [6.07, 6.45) is -0.731. The lowest BCUT2D eigenvalue weighted by Crippen LogP contribution is -2.50. The van der Waals surface area contributed by atoms with Gasteiger partial charge in [-0.25, -0.2) is 8.42 Å². The summed E-state index contributed by atoms with van der Waals surface area (Å²) in [6.45, 7) is 2.49. The molecule has 1 aromatic carbocycles. The number of sulfonamides is 1. The summed E-state index contributed by atoms with van der Waals surface area (Å²) < 4.78 is 33.1. The number of carbonyl (C=O) groups excluding carboxylic acids is 2. The molecule has 1 N–H and O–H groups in total. The molecule has 29 heavy (non-hydrogen) atoms. The van der Waals surface area contributed by atoms with E-state index in [4.69, 9.17) is 16.3 Å². The quantitative estimate of drug-likeness (QED) is 0.765. The van der Waals surface area contributed by atoms with Crippen molar-refractivity contribution in [1.29, 1.82) is 0 Å². The van der Waals surface area contributed by atoms with Crippen molar-refractivity contribution in [3.63, 3.8) is 0 Å². The van der Waals surface area contributed by atoms with Crippen molar-refractivity contribution in [2.45, 2.75) is 17.9 Å². The van der Waals surface area contributed by atoms with Crippen LogP contribution in [-0.4, -0.2) is 61.7 Å². The lowest BCUT2D eigenvalue weighted by Gasteiger charge is -2.34. The topological polar surface area (TPSA) is 96.0 Å². The van der Waals surface area contributed by atoms with E-state index in [9.17, 15) is 18.0 Å². The van der Waals surface area contributed by atoms with Crippen molar-refractivity contribution in [2.75, 3.05) is 31.5 Å². The molecule has 2 aromatic rings. The Balaban J connectivity index is 1.53. The number of amides is 2. The molecule has 8 nitrogen and oxygen atoms in total. The van der Waals surface area contributed by atoms with Crippen LogP contribution in [0.1, 0.15) is 17.3 Å². The zero-order valence-electron chi connectivity index (χ0n) is 15.4. The van der Waals surface area contributed by atoms with Crippen molar-refractivity contribution in [2.24, 2.45) is 0 Å². The van der Waals surface area contributed by atoms with Gasteiger partial charge in [0.05, 0.1) is 16.3 Å². The van der Waals surface area contributed by atoms with Crippen LogP contribution < -0.4 is 10.1 Å². The first-order chi connectivity index (χ1) is 13.8. The van der Waals surface area contributed by atoms with Gasteiger partial charge in [0, 0.05) is 37.6 Å². The van der Waals surface area contributed by atoms with Crippen LogP contribution >= 0.6 is 22.9 Å². The molecule has 2 aliphatic heterocycles. The normalized spacial score (nSPS) is 20.0. The molecule has 2 aliphatic rings. The molecule has 1 aromatic heterocycles. The fraction of sp³-hybridized carbons (Fsp3) is 0.333. The van der Waals surface area contributed by atoms with Gasteiger partial charge in [0.15, 0.2) is 6.10 Å². The number of fused-ring (bicyclic) bond motifs is 1. The van der Waals surface area contributed by atoms with Gasteiger partial charge in [-0.15, -0.1) is 0 Å². The lowest BCUT2D eigenvalue weighted by molar-refractivity contribution is -0.122. The number of nitrogens with one attached hydrogen (secondary N) is 1. The maximum Gasteiger partial charge on any atom is 0.265 e. The standard InChI is InChI=1S/C18H18ClN3O5S2/c1-11-17(23)20-14-8-13(19)16(9-15(14)27-11)29(25,26)22-5-3-21(4-6-22)18(24)12-2-7-28-10-12/h2,7-11H,3-6H2,1H3,(H,20,23). The number of halogens is 1. The molecule has 0 bridgehead atoms. The third kappa shape index (κ3) is 3.73. The third-order valence-electron chi connectivity index (χ3n) is 4.88. The Kier molecular flexibility index (Phi) is 5.28. The van der Waals surface area contributed by atoms with E-state index in [1.165, 1.54) is 27.8 Å². The van der Waals surface area contributed by atoms with Gasteiger partial charge in [-0.2, -0.15) is 15.6 Å². The minimum atomic E-state index is -3.89. The van der Waals surface area contributed by atoms with Crippen molar-refractivity contribution in [1.82, 2.24) is 9.21 Å². The van der Waals surface area contributed by atoms with E-state index in [-0.39, 0.29) is 40.6 Å². The maximum atomic E-state index is 13.1. The Morgan fingerprint density at radius 3 is 2.66 bits per heavy atom. The molecule has 154 valence electrons. The molecule has 0 saturated carbocycles. The fourth-order valence-electron chi connectivity index (χ4n) is 3.25. The average Bonchev–Trinajstić information content (AvgIpc) is 3.23. The largest absolute Gasteiger partial charge is 0.479 e. The highest BCUT2D eigenvalue weighted by atomic mass is 35.5. The number of hydrogen-bond donors (Lipinski definition) is 1. The Labute approximate surface area is 177 Å². The van der Waals surface area contributed by atoms with Crippen LogP contribution in [0.3, 0.4) is 0 Å². The summed E-state index contributed by atoms with van der Waals surface area (Å²) in [4.78, 5) is 25.7. The third-order valence-corrected chi connectivity index (χ3v) is 7.92. The summed E-state index contributed by atoms with van der Waals surface area (Å²) in [5.74, 6) is -0.171. The van der Waals surface area contributed by atoms with Crippen LogP contribution in [0.15, 0.2) is 33.9 Å². The summed E-state index contributed by atoms with van der Waals surface area (Å²) in [6, 6.07) is 4.47. The van der Waals surface area contributed by atoms with Crippen LogP contribution in [0, 0.1) is 0 Å². The Hall–Kier alpha value is -2.14. The molecule has 4 rings (SSSR count). The first-order valence-corrected chi connectivity index (χ1v) is 11.7. The van der Waals surface area contributed by atoms with Gasteiger partial charge < -0.3 is 15.0 Å². The highest BCUT2D eigenvalue weighted by Gasteiger charge is 2.34. The summed E-state index contributed by atoms with van der Waals surface area (Å²) in [5, 5.41) is 6.25. The molecule has 1 fully saturated rings. The van der Waals surface area contributed by atoms with Gasteiger partial charge in [-0.3, -0.25) is 9.59 Å². The number of rotatable bonds is 3. The number of anilines is 1. The van der Waals surface area contributed by atoms with E-state index in [2.05, 4.69) is 5.32 Å². The number of hydrogen-bond acceptors (Lipinski definition) is 6. The van der Waals surface area contributed by atoms with E-state index in [1.807, 2.05) is 5.38 Å². The molecule has 1 atom stereocenters. The summed E-state index contributed by atoms with van der Waals surface area (Å²) in [7, 11) is -3.89. The van der Waals surface area contributed by atoms with Crippen LogP contribution in [0.4, 0.5) is 5.69 Å². The highest BCUT2D eigenvalue weighted by Crippen LogP contribution is 2.38. The molecule has 3 heterocycles.